The second-order valence-corrected chi connectivity index (χ2v) is 6.85. The maximum absolute atomic E-state index is 3.63. The highest BCUT2D eigenvalue weighted by Crippen LogP contribution is 2.33. The SMILES string of the molecule is Cc1c(Nc2ccccc2)ccc(CC(C)C)c1Nc1ccccc1. The molecule has 0 saturated heterocycles. The molecule has 3 aromatic rings. The van der Waals surface area contributed by atoms with Crippen LogP contribution in [0, 0.1) is 12.8 Å². The summed E-state index contributed by atoms with van der Waals surface area (Å²) < 4.78 is 0. The third-order valence-electron chi connectivity index (χ3n) is 4.28. The lowest BCUT2D eigenvalue weighted by Crippen LogP contribution is -2.04. The second kappa shape index (κ2) is 7.89. The van der Waals surface area contributed by atoms with Gasteiger partial charge in [0.1, 0.15) is 0 Å². The van der Waals surface area contributed by atoms with Crippen molar-refractivity contribution in [2.24, 2.45) is 5.92 Å². The van der Waals surface area contributed by atoms with E-state index in [2.05, 4.69) is 79.9 Å². The molecule has 0 aliphatic carbocycles. The van der Waals surface area contributed by atoms with E-state index in [0.717, 1.165) is 23.5 Å². The van der Waals surface area contributed by atoms with E-state index >= 15 is 0 Å². The first-order valence-corrected chi connectivity index (χ1v) is 8.90. The van der Waals surface area contributed by atoms with Crippen LogP contribution < -0.4 is 10.6 Å². The van der Waals surface area contributed by atoms with Crippen LogP contribution in [0.15, 0.2) is 72.8 Å². The fourth-order valence-electron chi connectivity index (χ4n) is 3.03. The van der Waals surface area contributed by atoms with Crippen LogP contribution in [0.1, 0.15) is 25.0 Å². The van der Waals surface area contributed by atoms with E-state index in [0.29, 0.717) is 5.92 Å². The van der Waals surface area contributed by atoms with Crippen molar-refractivity contribution < 1.29 is 0 Å². The quantitative estimate of drug-likeness (QED) is 0.526. The van der Waals surface area contributed by atoms with Crippen LogP contribution >= 0.6 is 0 Å². The monoisotopic (exact) mass is 330 g/mol. The second-order valence-electron chi connectivity index (χ2n) is 6.85. The Bertz CT molecular complexity index is 808. The van der Waals surface area contributed by atoms with Gasteiger partial charge in [-0.2, -0.15) is 0 Å². The van der Waals surface area contributed by atoms with Crippen LogP contribution in [0.5, 0.6) is 0 Å². The van der Waals surface area contributed by atoms with Crippen molar-refractivity contribution in [3.8, 4) is 0 Å². The third-order valence-corrected chi connectivity index (χ3v) is 4.28. The Morgan fingerprint density at radius 1 is 0.720 bits per heavy atom. The maximum atomic E-state index is 3.63. The van der Waals surface area contributed by atoms with Crippen molar-refractivity contribution >= 4 is 22.7 Å². The highest BCUT2D eigenvalue weighted by atomic mass is 14.9. The fraction of sp³-hybridized carbons (Fsp3) is 0.217. The van der Waals surface area contributed by atoms with E-state index in [-0.39, 0.29) is 0 Å². The molecule has 0 bridgehead atoms. The van der Waals surface area contributed by atoms with E-state index in [1.165, 1.54) is 16.8 Å². The normalized spacial score (nSPS) is 10.7. The minimum atomic E-state index is 0.614. The smallest absolute Gasteiger partial charge is 0.0467 e. The van der Waals surface area contributed by atoms with Crippen LogP contribution in [-0.4, -0.2) is 0 Å². The van der Waals surface area contributed by atoms with Gasteiger partial charge in [-0.3, -0.25) is 0 Å². The molecule has 0 amide bonds. The van der Waals surface area contributed by atoms with Crippen LogP contribution in [-0.2, 0) is 6.42 Å². The van der Waals surface area contributed by atoms with Gasteiger partial charge in [0.05, 0.1) is 0 Å². The Morgan fingerprint density at radius 2 is 1.28 bits per heavy atom. The molecule has 3 rings (SSSR count). The predicted octanol–water partition coefficient (Wildman–Crippen LogP) is 6.68. The van der Waals surface area contributed by atoms with Crippen LogP contribution in [0.4, 0.5) is 22.7 Å². The highest BCUT2D eigenvalue weighted by Gasteiger charge is 2.12. The lowest BCUT2D eigenvalue weighted by molar-refractivity contribution is 0.648. The van der Waals surface area contributed by atoms with Gasteiger partial charge in [0.15, 0.2) is 0 Å². The molecule has 0 fully saturated rings. The Balaban J connectivity index is 1.97. The Morgan fingerprint density at radius 3 is 1.84 bits per heavy atom. The molecule has 25 heavy (non-hydrogen) atoms. The molecule has 2 N–H and O–H groups in total. The van der Waals surface area contributed by atoms with Gasteiger partial charge >= 0.3 is 0 Å². The van der Waals surface area contributed by atoms with Gasteiger partial charge in [-0.1, -0.05) is 56.3 Å². The van der Waals surface area contributed by atoms with Crippen molar-refractivity contribution in [3.05, 3.63) is 83.9 Å². The largest absolute Gasteiger partial charge is 0.355 e. The first-order chi connectivity index (χ1) is 12.1. The van der Waals surface area contributed by atoms with Gasteiger partial charge in [-0.05, 0) is 60.7 Å². The Kier molecular flexibility index (Phi) is 5.39. The molecule has 0 saturated carbocycles. The van der Waals surface area contributed by atoms with Gasteiger partial charge in [-0.25, -0.2) is 0 Å². The number of hydrogen-bond donors (Lipinski definition) is 2. The molecule has 0 heterocycles. The molecular formula is C23H26N2. The molecule has 0 unspecified atom stereocenters. The van der Waals surface area contributed by atoms with Gasteiger partial charge in [0.2, 0.25) is 0 Å². The van der Waals surface area contributed by atoms with Crippen LogP contribution in [0.25, 0.3) is 0 Å². The fourth-order valence-corrected chi connectivity index (χ4v) is 3.03. The molecule has 0 aliphatic rings. The minimum absolute atomic E-state index is 0.614. The number of anilines is 4. The summed E-state index contributed by atoms with van der Waals surface area (Å²) in [5.74, 6) is 0.614. The summed E-state index contributed by atoms with van der Waals surface area (Å²) in [6, 6.07) is 25.1. The van der Waals surface area contributed by atoms with Crippen molar-refractivity contribution in [3.63, 3.8) is 0 Å². The van der Waals surface area contributed by atoms with E-state index in [9.17, 15) is 0 Å². The molecule has 0 radical (unpaired) electrons. The molecule has 3 aromatic carbocycles. The Labute approximate surface area is 150 Å². The first-order valence-electron chi connectivity index (χ1n) is 8.90. The zero-order valence-electron chi connectivity index (χ0n) is 15.2. The summed E-state index contributed by atoms with van der Waals surface area (Å²) >= 11 is 0. The minimum Gasteiger partial charge on any atom is -0.355 e. The summed E-state index contributed by atoms with van der Waals surface area (Å²) in [7, 11) is 0. The zero-order valence-corrected chi connectivity index (χ0v) is 15.2. The summed E-state index contributed by atoms with van der Waals surface area (Å²) in [4.78, 5) is 0. The summed E-state index contributed by atoms with van der Waals surface area (Å²) in [5.41, 5.74) is 7.17. The lowest BCUT2D eigenvalue weighted by atomic mass is 9.97. The molecule has 0 aliphatic heterocycles. The number of rotatable bonds is 6. The average molecular weight is 330 g/mol. The van der Waals surface area contributed by atoms with Gasteiger partial charge in [0, 0.05) is 22.7 Å². The van der Waals surface area contributed by atoms with Crippen molar-refractivity contribution in [1.82, 2.24) is 0 Å². The Hall–Kier alpha value is -2.74. The summed E-state index contributed by atoms with van der Waals surface area (Å²) in [6.07, 6.45) is 1.06. The number of nitrogens with one attached hydrogen (secondary N) is 2. The van der Waals surface area contributed by atoms with Crippen molar-refractivity contribution in [1.29, 1.82) is 0 Å². The number of para-hydroxylation sites is 2. The van der Waals surface area contributed by atoms with Gasteiger partial charge in [0.25, 0.3) is 0 Å². The van der Waals surface area contributed by atoms with E-state index in [1.807, 2.05) is 24.3 Å². The molecule has 128 valence electrons. The molecule has 2 heteroatoms. The molecular weight excluding hydrogens is 304 g/mol. The van der Waals surface area contributed by atoms with E-state index in [1.54, 1.807) is 0 Å². The predicted molar refractivity (Wildman–Crippen MR) is 109 cm³/mol. The molecule has 0 spiro atoms. The van der Waals surface area contributed by atoms with Crippen LogP contribution in [0.3, 0.4) is 0 Å². The molecule has 0 aromatic heterocycles. The highest BCUT2D eigenvalue weighted by molar-refractivity contribution is 5.76. The van der Waals surface area contributed by atoms with Gasteiger partial charge in [-0.15, -0.1) is 0 Å². The third kappa shape index (κ3) is 4.42. The van der Waals surface area contributed by atoms with E-state index in [4.69, 9.17) is 0 Å². The van der Waals surface area contributed by atoms with Crippen LogP contribution in [0.2, 0.25) is 0 Å². The average Bonchev–Trinajstić information content (AvgIpc) is 2.62. The molecule has 2 nitrogen and oxygen atoms in total. The lowest BCUT2D eigenvalue weighted by Gasteiger charge is -2.20. The van der Waals surface area contributed by atoms with Gasteiger partial charge < -0.3 is 10.6 Å². The zero-order chi connectivity index (χ0) is 17.6. The number of hydrogen-bond acceptors (Lipinski definition) is 2. The number of benzene rings is 3. The summed E-state index contributed by atoms with van der Waals surface area (Å²) in [6.45, 7) is 6.70. The summed E-state index contributed by atoms with van der Waals surface area (Å²) in [5, 5.41) is 7.17. The maximum Gasteiger partial charge on any atom is 0.0467 e. The standard InChI is InChI=1S/C23H26N2/c1-17(2)16-19-14-15-22(24-20-10-6-4-7-11-20)18(3)23(19)25-21-12-8-5-9-13-21/h4-15,17,24-25H,16H2,1-3H3. The van der Waals surface area contributed by atoms with Crippen molar-refractivity contribution in [2.75, 3.05) is 10.6 Å². The molecule has 0 atom stereocenters. The van der Waals surface area contributed by atoms with Crippen molar-refractivity contribution in [2.45, 2.75) is 27.2 Å². The van der Waals surface area contributed by atoms with E-state index < -0.39 is 0 Å². The first kappa shape index (κ1) is 17.1. The topological polar surface area (TPSA) is 24.1 Å².